The maximum absolute atomic E-state index is 13.3. The first-order chi connectivity index (χ1) is 13.5. The number of hydrogen-bond acceptors (Lipinski definition) is 6. The van der Waals surface area contributed by atoms with Crippen LogP contribution in [0.3, 0.4) is 0 Å². The Kier molecular flexibility index (Phi) is 9.83. The molecule has 0 aromatic carbocycles. The van der Waals surface area contributed by atoms with E-state index in [1.54, 1.807) is 0 Å². The largest absolute Gasteiger partial charge is 0.394 e. The van der Waals surface area contributed by atoms with E-state index in [4.69, 9.17) is 5.11 Å². The molecule has 0 aromatic heterocycles. The second-order valence-electron chi connectivity index (χ2n) is 9.54. The third-order valence-corrected chi connectivity index (χ3v) is 5.54. The molecule has 1 rings (SSSR count). The SMILES string of the molecule is CC(C)CCC(=O)C1(O)C(=O)C(C(CC(C)C)=NCCO)C(=O)C1CCC(C)C. The number of carbonyl (C=O) groups is 3. The van der Waals surface area contributed by atoms with Crippen LogP contribution in [0.2, 0.25) is 0 Å². The molecule has 6 nitrogen and oxygen atoms in total. The first-order valence-electron chi connectivity index (χ1n) is 10.9. The number of aliphatic hydroxyl groups is 2. The quantitative estimate of drug-likeness (QED) is 0.381. The summed E-state index contributed by atoms with van der Waals surface area (Å²) in [6.45, 7) is 11.8. The van der Waals surface area contributed by atoms with Gasteiger partial charge in [0.1, 0.15) is 5.92 Å². The van der Waals surface area contributed by atoms with Crippen molar-refractivity contribution in [3.63, 3.8) is 0 Å². The Bertz CT molecular complexity index is 623. The summed E-state index contributed by atoms with van der Waals surface area (Å²) >= 11 is 0. The van der Waals surface area contributed by atoms with Gasteiger partial charge in [0.15, 0.2) is 23.0 Å². The van der Waals surface area contributed by atoms with Gasteiger partial charge in [-0.1, -0.05) is 48.0 Å². The molecule has 3 unspecified atom stereocenters. The molecular formula is C23H39NO5. The van der Waals surface area contributed by atoms with Gasteiger partial charge in [0, 0.05) is 12.1 Å². The zero-order valence-corrected chi connectivity index (χ0v) is 18.9. The highest BCUT2D eigenvalue weighted by Crippen LogP contribution is 2.40. The monoisotopic (exact) mass is 409 g/mol. The van der Waals surface area contributed by atoms with Gasteiger partial charge in [0.25, 0.3) is 0 Å². The van der Waals surface area contributed by atoms with Gasteiger partial charge in [-0.05, 0) is 37.0 Å². The van der Waals surface area contributed by atoms with Crippen LogP contribution < -0.4 is 0 Å². The van der Waals surface area contributed by atoms with Crippen LogP contribution in [0.4, 0.5) is 0 Å². The third kappa shape index (κ3) is 6.29. The highest BCUT2D eigenvalue weighted by atomic mass is 16.3. The highest BCUT2D eigenvalue weighted by molar-refractivity contribution is 6.34. The number of aliphatic hydroxyl groups excluding tert-OH is 1. The Morgan fingerprint density at radius 1 is 1.03 bits per heavy atom. The maximum Gasteiger partial charge on any atom is 0.192 e. The zero-order valence-electron chi connectivity index (χ0n) is 18.9. The standard InChI is InChI=1S/C23H39NO5/c1-14(2)7-9-17-21(27)20(18(13-16(5)6)24-11-12-25)22(28)23(17,29)19(26)10-8-15(3)4/h14-17,20,25,29H,7-13H2,1-6H3. The molecule has 1 aliphatic carbocycles. The summed E-state index contributed by atoms with van der Waals surface area (Å²) in [4.78, 5) is 43.9. The fourth-order valence-corrected chi connectivity index (χ4v) is 3.92. The molecular weight excluding hydrogens is 370 g/mol. The smallest absolute Gasteiger partial charge is 0.192 e. The van der Waals surface area contributed by atoms with Gasteiger partial charge in [-0.3, -0.25) is 19.4 Å². The Morgan fingerprint density at radius 3 is 2.10 bits per heavy atom. The molecule has 6 heteroatoms. The number of nitrogens with zero attached hydrogens (tertiary/aromatic N) is 1. The second kappa shape index (κ2) is 11.1. The summed E-state index contributed by atoms with van der Waals surface area (Å²) in [6, 6.07) is 0. The average Bonchev–Trinajstić information content (AvgIpc) is 2.81. The van der Waals surface area contributed by atoms with Gasteiger partial charge in [-0.2, -0.15) is 0 Å². The van der Waals surface area contributed by atoms with Crippen LogP contribution in [-0.2, 0) is 14.4 Å². The number of ketones is 3. The van der Waals surface area contributed by atoms with Crippen LogP contribution in [0.1, 0.15) is 73.6 Å². The van der Waals surface area contributed by atoms with Crippen LogP contribution >= 0.6 is 0 Å². The van der Waals surface area contributed by atoms with Crippen LogP contribution in [0, 0.1) is 29.6 Å². The molecule has 1 fully saturated rings. The van der Waals surface area contributed by atoms with Crippen LogP contribution in [0.5, 0.6) is 0 Å². The Morgan fingerprint density at radius 2 is 1.62 bits per heavy atom. The van der Waals surface area contributed by atoms with Crippen molar-refractivity contribution in [1.82, 2.24) is 0 Å². The number of rotatable bonds is 12. The minimum Gasteiger partial charge on any atom is -0.394 e. The molecule has 1 saturated carbocycles. The maximum atomic E-state index is 13.3. The van der Waals surface area contributed by atoms with Crippen LogP contribution in [-0.4, -0.2) is 52.0 Å². The summed E-state index contributed by atoms with van der Waals surface area (Å²) < 4.78 is 0. The summed E-state index contributed by atoms with van der Waals surface area (Å²) in [6.07, 6.45) is 1.99. The fourth-order valence-electron chi connectivity index (χ4n) is 3.92. The van der Waals surface area contributed by atoms with Crippen molar-refractivity contribution in [2.75, 3.05) is 13.2 Å². The third-order valence-electron chi connectivity index (χ3n) is 5.54. The van der Waals surface area contributed by atoms with E-state index < -0.39 is 34.8 Å². The van der Waals surface area contributed by atoms with E-state index >= 15 is 0 Å². The van der Waals surface area contributed by atoms with Gasteiger partial charge in [0.2, 0.25) is 0 Å². The van der Waals surface area contributed by atoms with Gasteiger partial charge < -0.3 is 10.2 Å². The fraction of sp³-hybridized carbons (Fsp3) is 0.826. The molecule has 166 valence electrons. The van der Waals surface area contributed by atoms with Gasteiger partial charge in [0.05, 0.1) is 19.1 Å². The van der Waals surface area contributed by atoms with E-state index in [0.29, 0.717) is 31.4 Å². The normalized spacial score (nSPS) is 25.7. The van der Waals surface area contributed by atoms with Crippen molar-refractivity contribution < 1.29 is 24.6 Å². The van der Waals surface area contributed by atoms with E-state index in [0.717, 1.165) is 0 Å². The average molecular weight is 410 g/mol. The van der Waals surface area contributed by atoms with Crippen molar-refractivity contribution in [2.45, 2.75) is 79.2 Å². The predicted molar refractivity (Wildman–Crippen MR) is 114 cm³/mol. The lowest BCUT2D eigenvalue weighted by Gasteiger charge is -2.26. The molecule has 0 heterocycles. The Labute approximate surface area is 175 Å². The molecule has 0 aliphatic heterocycles. The highest BCUT2D eigenvalue weighted by Gasteiger charge is 2.63. The van der Waals surface area contributed by atoms with E-state index in [1.807, 2.05) is 41.5 Å². The number of carbonyl (C=O) groups excluding carboxylic acids is 3. The molecule has 0 radical (unpaired) electrons. The summed E-state index contributed by atoms with van der Waals surface area (Å²) in [5.74, 6) is -3.19. The summed E-state index contributed by atoms with van der Waals surface area (Å²) in [7, 11) is 0. The van der Waals surface area contributed by atoms with Crippen LogP contribution in [0.25, 0.3) is 0 Å². The predicted octanol–water partition coefficient (Wildman–Crippen LogP) is 3.02. The van der Waals surface area contributed by atoms with Crippen molar-refractivity contribution in [1.29, 1.82) is 0 Å². The van der Waals surface area contributed by atoms with Gasteiger partial charge in [-0.15, -0.1) is 0 Å². The summed E-state index contributed by atoms with van der Waals surface area (Å²) in [5, 5.41) is 20.5. The minimum atomic E-state index is -2.26. The molecule has 0 bridgehead atoms. The minimum absolute atomic E-state index is 0.0748. The lowest BCUT2D eigenvalue weighted by Crippen LogP contribution is -2.50. The van der Waals surface area contributed by atoms with E-state index in [-0.39, 0.29) is 37.3 Å². The first-order valence-corrected chi connectivity index (χ1v) is 10.9. The topological polar surface area (TPSA) is 104 Å². The number of hydrogen-bond donors (Lipinski definition) is 2. The molecule has 2 N–H and O–H groups in total. The molecule has 0 saturated heterocycles. The lowest BCUT2D eigenvalue weighted by molar-refractivity contribution is -0.154. The van der Waals surface area contributed by atoms with Crippen molar-refractivity contribution in [2.24, 2.45) is 34.6 Å². The van der Waals surface area contributed by atoms with Crippen LogP contribution in [0.15, 0.2) is 4.99 Å². The van der Waals surface area contributed by atoms with Gasteiger partial charge >= 0.3 is 0 Å². The zero-order chi connectivity index (χ0) is 22.4. The Balaban J connectivity index is 3.35. The molecule has 1 aliphatic rings. The van der Waals surface area contributed by atoms with Crippen molar-refractivity contribution in [3.05, 3.63) is 0 Å². The van der Waals surface area contributed by atoms with Crippen molar-refractivity contribution >= 4 is 23.1 Å². The molecule has 3 atom stereocenters. The molecule has 0 amide bonds. The van der Waals surface area contributed by atoms with Crippen molar-refractivity contribution in [3.8, 4) is 0 Å². The van der Waals surface area contributed by atoms with E-state index in [1.165, 1.54) is 0 Å². The molecule has 29 heavy (non-hydrogen) atoms. The van der Waals surface area contributed by atoms with E-state index in [2.05, 4.69) is 4.99 Å². The van der Waals surface area contributed by atoms with E-state index in [9.17, 15) is 19.5 Å². The first kappa shape index (κ1) is 25.6. The number of aliphatic imine (C=N–C) groups is 1. The summed E-state index contributed by atoms with van der Waals surface area (Å²) in [5.41, 5.74) is -1.88. The molecule has 0 spiro atoms. The Hall–Kier alpha value is -1.40. The van der Waals surface area contributed by atoms with Gasteiger partial charge in [-0.25, -0.2) is 0 Å². The lowest BCUT2D eigenvalue weighted by atomic mass is 9.79. The molecule has 0 aromatic rings. The second-order valence-corrected chi connectivity index (χ2v) is 9.54. The number of Topliss-reactive ketones (excluding diaryl/α,β-unsaturated/α-hetero) is 3.